The third kappa shape index (κ3) is 3.80. The Morgan fingerprint density at radius 3 is 2.67 bits per heavy atom. The molecule has 1 unspecified atom stereocenters. The van der Waals surface area contributed by atoms with E-state index in [0.29, 0.717) is 6.04 Å². The van der Waals surface area contributed by atoms with E-state index in [2.05, 4.69) is 55.3 Å². The van der Waals surface area contributed by atoms with Crippen molar-refractivity contribution >= 4 is 10.9 Å². The second kappa shape index (κ2) is 6.54. The summed E-state index contributed by atoms with van der Waals surface area (Å²) in [5, 5.41) is 4.69. The predicted octanol–water partition coefficient (Wildman–Crippen LogP) is 4.01. The number of aromatic nitrogens is 1. The van der Waals surface area contributed by atoms with Crippen LogP contribution >= 0.6 is 0 Å². The van der Waals surface area contributed by atoms with Crippen molar-refractivity contribution in [2.75, 3.05) is 14.2 Å². The van der Waals surface area contributed by atoms with Gasteiger partial charge in [-0.25, -0.2) is 0 Å². The van der Waals surface area contributed by atoms with Gasteiger partial charge in [0.2, 0.25) is 0 Å². The zero-order chi connectivity index (χ0) is 15.5. The van der Waals surface area contributed by atoms with E-state index in [-0.39, 0.29) is 5.60 Å². The lowest BCUT2D eigenvalue weighted by molar-refractivity contribution is 0.0118. The smallest absolute Gasteiger partial charge is 0.0708 e. The molecule has 0 aliphatic carbocycles. The van der Waals surface area contributed by atoms with E-state index in [1.807, 2.05) is 13.1 Å². The van der Waals surface area contributed by atoms with Crippen LogP contribution in [0.3, 0.4) is 0 Å². The first-order chi connectivity index (χ1) is 9.96. The number of rotatable bonds is 6. The van der Waals surface area contributed by atoms with Gasteiger partial charge in [0, 0.05) is 24.2 Å². The van der Waals surface area contributed by atoms with E-state index in [0.717, 1.165) is 24.1 Å². The second-order valence-electron chi connectivity index (χ2n) is 6.21. The van der Waals surface area contributed by atoms with Gasteiger partial charge in [0.1, 0.15) is 0 Å². The van der Waals surface area contributed by atoms with Gasteiger partial charge in [0.25, 0.3) is 0 Å². The maximum Gasteiger partial charge on any atom is 0.0708 e. The molecule has 2 rings (SSSR count). The number of aryl methyl sites for hydroxylation is 1. The number of nitrogens with one attached hydrogen (secondary N) is 1. The Morgan fingerprint density at radius 2 is 2.00 bits per heavy atom. The van der Waals surface area contributed by atoms with Crippen LogP contribution in [0.1, 0.15) is 44.0 Å². The lowest BCUT2D eigenvalue weighted by Gasteiger charge is -2.26. The fourth-order valence-corrected chi connectivity index (χ4v) is 2.68. The number of fused-ring (bicyclic) bond motifs is 1. The third-order valence-corrected chi connectivity index (χ3v) is 4.19. The van der Waals surface area contributed by atoms with Crippen LogP contribution in [0.25, 0.3) is 10.9 Å². The number of para-hydroxylation sites is 1. The molecule has 0 fully saturated rings. The Morgan fingerprint density at radius 1 is 1.29 bits per heavy atom. The highest BCUT2D eigenvalue weighted by Crippen LogP contribution is 2.29. The summed E-state index contributed by atoms with van der Waals surface area (Å²) in [6.45, 7) is 6.33. The Balaban J connectivity index is 2.34. The Labute approximate surface area is 127 Å². The summed E-state index contributed by atoms with van der Waals surface area (Å²) in [5.41, 5.74) is 3.37. The molecule has 0 saturated carbocycles. The van der Waals surface area contributed by atoms with Crippen molar-refractivity contribution in [3.63, 3.8) is 0 Å². The first-order valence-electron chi connectivity index (χ1n) is 7.55. The summed E-state index contributed by atoms with van der Waals surface area (Å²) in [4.78, 5) is 4.63. The lowest BCUT2D eigenvalue weighted by atomic mass is 9.93. The van der Waals surface area contributed by atoms with Crippen LogP contribution in [0, 0.1) is 6.92 Å². The van der Waals surface area contributed by atoms with Gasteiger partial charge < -0.3 is 10.1 Å². The summed E-state index contributed by atoms with van der Waals surface area (Å²) in [6, 6.07) is 10.9. The minimum Gasteiger partial charge on any atom is -0.379 e. The summed E-state index contributed by atoms with van der Waals surface area (Å²) < 4.78 is 5.54. The highest BCUT2D eigenvalue weighted by Gasteiger charge is 2.21. The molecule has 0 saturated heterocycles. The maximum atomic E-state index is 5.54. The Hall–Kier alpha value is -1.45. The zero-order valence-corrected chi connectivity index (χ0v) is 13.7. The van der Waals surface area contributed by atoms with Gasteiger partial charge in [-0.15, -0.1) is 0 Å². The molecule has 1 aromatic heterocycles. The molecule has 0 amide bonds. The van der Waals surface area contributed by atoms with Crippen LogP contribution in [0.2, 0.25) is 0 Å². The molecule has 114 valence electrons. The minimum atomic E-state index is -0.0903. The molecule has 3 heteroatoms. The van der Waals surface area contributed by atoms with Crippen LogP contribution < -0.4 is 5.32 Å². The van der Waals surface area contributed by atoms with Crippen molar-refractivity contribution in [1.29, 1.82) is 0 Å². The van der Waals surface area contributed by atoms with E-state index in [1.54, 1.807) is 7.11 Å². The SMILES string of the molecule is CNC(CCC(C)(C)OC)c1cc(C)nc2ccccc12. The van der Waals surface area contributed by atoms with E-state index >= 15 is 0 Å². The maximum absolute atomic E-state index is 5.54. The van der Waals surface area contributed by atoms with Gasteiger partial charge in [-0.1, -0.05) is 18.2 Å². The van der Waals surface area contributed by atoms with Crippen molar-refractivity contribution in [2.45, 2.75) is 45.3 Å². The van der Waals surface area contributed by atoms with Gasteiger partial charge in [-0.2, -0.15) is 0 Å². The number of nitrogens with zero attached hydrogens (tertiary/aromatic N) is 1. The summed E-state index contributed by atoms with van der Waals surface area (Å²) in [5.74, 6) is 0. The number of hydrogen-bond donors (Lipinski definition) is 1. The topological polar surface area (TPSA) is 34.1 Å². The molecule has 3 nitrogen and oxygen atoms in total. The van der Waals surface area contributed by atoms with Crippen molar-refractivity contribution in [3.8, 4) is 0 Å². The normalized spacial score (nSPS) is 13.6. The quantitative estimate of drug-likeness (QED) is 0.871. The van der Waals surface area contributed by atoms with Crippen LogP contribution in [-0.4, -0.2) is 24.7 Å². The Bertz CT molecular complexity index is 607. The summed E-state index contributed by atoms with van der Waals surface area (Å²) in [6.07, 6.45) is 2.04. The Kier molecular flexibility index (Phi) is 4.96. The van der Waals surface area contributed by atoms with Gasteiger partial charge in [0.05, 0.1) is 11.1 Å². The molecule has 2 aromatic rings. The lowest BCUT2D eigenvalue weighted by Crippen LogP contribution is -2.26. The minimum absolute atomic E-state index is 0.0903. The fraction of sp³-hybridized carbons (Fsp3) is 0.500. The number of benzene rings is 1. The molecule has 0 bridgehead atoms. The molecule has 1 heterocycles. The highest BCUT2D eigenvalue weighted by atomic mass is 16.5. The van der Waals surface area contributed by atoms with Crippen LogP contribution in [-0.2, 0) is 4.74 Å². The molecule has 1 N–H and O–H groups in total. The van der Waals surface area contributed by atoms with E-state index < -0.39 is 0 Å². The summed E-state index contributed by atoms with van der Waals surface area (Å²) in [7, 11) is 3.80. The van der Waals surface area contributed by atoms with Crippen molar-refractivity contribution < 1.29 is 4.74 Å². The van der Waals surface area contributed by atoms with Crippen LogP contribution in [0.5, 0.6) is 0 Å². The van der Waals surface area contributed by atoms with E-state index in [4.69, 9.17) is 4.74 Å². The molecule has 0 radical (unpaired) electrons. The van der Waals surface area contributed by atoms with E-state index in [1.165, 1.54) is 10.9 Å². The summed E-state index contributed by atoms with van der Waals surface area (Å²) >= 11 is 0. The highest BCUT2D eigenvalue weighted by molar-refractivity contribution is 5.82. The third-order valence-electron chi connectivity index (χ3n) is 4.19. The monoisotopic (exact) mass is 286 g/mol. The zero-order valence-electron chi connectivity index (χ0n) is 13.7. The second-order valence-corrected chi connectivity index (χ2v) is 6.21. The average Bonchev–Trinajstić information content (AvgIpc) is 2.47. The molecule has 21 heavy (non-hydrogen) atoms. The molecule has 1 aromatic carbocycles. The first-order valence-corrected chi connectivity index (χ1v) is 7.55. The first kappa shape index (κ1) is 15.9. The molecule has 1 atom stereocenters. The van der Waals surface area contributed by atoms with Crippen LogP contribution in [0.15, 0.2) is 30.3 Å². The van der Waals surface area contributed by atoms with Crippen molar-refractivity contribution in [2.24, 2.45) is 0 Å². The van der Waals surface area contributed by atoms with Gasteiger partial charge in [0.15, 0.2) is 0 Å². The average molecular weight is 286 g/mol. The van der Waals surface area contributed by atoms with Gasteiger partial charge in [-0.3, -0.25) is 4.98 Å². The molecular weight excluding hydrogens is 260 g/mol. The van der Waals surface area contributed by atoms with E-state index in [9.17, 15) is 0 Å². The fourth-order valence-electron chi connectivity index (χ4n) is 2.68. The molecular formula is C18H26N2O. The van der Waals surface area contributed by atoms with Crippen molar-refractivity contribution in [3.05, 3.63) is 41.6 Å². The number of ether oxygens (including phenoxy) is 1. The molecule has 0 spiro atoms. The van der Waals surface area contributed by atoms with Crippen LogP contribution in [0.4, 0.5) is 0 Å². The van der Waals surface area contributed by atoms with Crippen molar-refractivity contribution in [1.82, 2.24) is 10.3 Å². The predicted molar refractivity (Wildman–Crippen MR) is 88.6 cm³/mol. The molecule has 0 aliphatic rings. The van der Waals surface area contributed by atoms with Gasteiger partial charge >= 0.3 is 0 Å². The number of methoxy groups -OCH3 is 1. The largest absolute Gasteiger partial charge is 0.379 e. The van der Waals surface area contributed by atoms with Gasteiger partial charge in [-0.05, 0) is 58.4 Å². The number of pyridine rings is 1. The number of hydrogen-bond acceptors (Lipinski definition) is 3. The standard InChI is InChI=1S/C18H26N2O/c1-13-12-15(14-8-6-7-9-17(14)20-13)16(19-4)10-11-18(2,3)21-5/h6-9,12,16,19H,10-11H2,1-5H3. The molecule has 0 aliphatic heterocycles.